The Morgan fingerprint density at radius 3 is 2.91 bits per heavy atom. The third kappa shape index (κ3) is 2.91. The molecule has 5 heteroatoms. The van der Waals surface area contributed by atoms with Crippen molar-refractivity contribution >= 4 is 16.7 Å². The van der Waals surface area contributed by atoms with Crippen molar-refractivity contribution in [2.24, 2.45) is 0 Å². The molecule has 0 radical (unpaired) electrons. The van der Waals surface area contributed by atoms with Gasteiger partial charge in [0.05, 0.1) is 18.7 Å². The highest BCUT2D eigenvalue weighted by molar-refractivity contribution is 5.91. The Labute approximate surface area is 137 Å². The molecule has 2 aromatic rings. The minimum atomic E-state index is 0.548. The zero-order valence-corrected chi connectivity index (χ0v) is 13.7. The molecule has 2 aliphatic rings. The number of aryl methyl sites for hydroxylation is 1. The number of ether oxygens (including phenoxy) is 1. The van der Waals surface area contributed by atoms with Gasteiger partial charge in [0.2, 0.25) is 0 Å². The van der Waals surface area contributed by atoms with Crippen molar-refractivity contribution in [1.82, 2.24) is 14.9 Å². The minimum absolute atomic E-state index is 0.548. The molecule has 5 nitrogen and oxygen atoms in total. The van der Waals surface area contributed by atoms with Crippen LogP contribution in [0.4, 0.5) is 5.82 Å². The zero-order valence-electron chi connectivity index (χ0n) is 13.7. The predicted molar refractivity (Wildman–Crippen MR) is 91.9 cm³/mol. The van der Waals surface area contributed by atoms with E-state index in [1.54, 1.807) is 6.33 Å². The summed E-state index contributed by atoms with van der Waals surface area (Å²) in [6.45, 7) is 8.15. The zero-order chi connectivity index (χ0) is 15.6. The van der Waals surface area contributed by atoms with Gasteiger partial charge in [-0.15, -0.1) is 0 Å². The molecule has 0 aliphatic carbocycles. The average Bonchev–Trinajstić information content (AvgIpc) is 3.04. The Morgan fingerprint density at radius 1 is 1.17 bits per heavy atom. The van der Waals surface area contributed by atoms with E-state index in [0.717, 1.165) is 50.7 Å². The largest absolute Gasteiger partial charge is 0.379 e. The summed E-state index contributed by atoms with van der Waals surface area (Å²) in [5, 5.41) is 1.18. The Kier molecular flexibility index (Phi) is 4.14. The molecule has 2 aliphatic heterocycles. The fourth-order valence-electron chi connectivity index (χ4n) is 3.84. The van der Waals surface area contributed by atoms with Gasteiger partial charge in [-0.2, -0.15) is 0 Å². The van der Waals surface area contributed by atoms with Crippen LogP contribution in [0.5, 0.6) is 0 Å². The molecule has 0 amide bonds. The first kappa shape index (κ1) is 14.8. The van der Waals surface area contributed by atoms with Crippen LogP contribution in [0.2, 0.25) is 0 Å². The van der Waals surface area contributed by atoms with Gasteiger partial charge < -0.3 is 9.64 Å². The summed E-state index contributed by atoms with van der Waals surface area (Å²) in [5.74, 6) is 1.11. The molecule has 2 fully saturated rings. The molecule has 1 aromatic heterocycles. The van der Waals surface area contributed by atoms with E-state index >= 15 is 0 Å². The van der Waals surface area contributed by atoms with Crippen molar-refractivity contribution < 1.29 is 4.74 Å². The topological polar surface area (TPSA) is 41.5 Å². The SMILES string of the molecule is Cc1cccc2c(N3CCC[C@@H]3CN3CCOCC3)ncnc12. The van der Waals surface area contributed by atoms with Gasteiger partial charge in [0.15, 0.2) is 0 Å². The van der Waals surface area contributed by atoms with Gasteiger partial charge in [-0.3, -0.25) is 4.90 Å². The Balaban J connectivity index is 1.62. The lowest BCUT2D eigenvalue weighted by molar-refractivity contribution is 0.0355. The Morgan fingerprint density at radius 2 is 2.04 bits per heavy atom. The second kappa shape index (κ2) is 6.42. The van der Waals surface area contributed by atoms with Crippen LogP contribution >= 0.6 is 0 Å². The van der Waals surface area contributed by atoms with E-state index < -0.39 is 0 Å². The molecular weight excluding hydrogens is 288 g/mol. The van der Waals surface area contributed by atoms with Crippen molar-refractivity contribution in [1.29, 1.82) is 0 Å². The Hall–Kier alpha value is -1.72. The Bertz CT molecular complexity index is 684. The summed E-state index contributed by atoms with van der Waals surface area (Å²) in [6.07, 6.45) is 4.20. The highest BCUT2D eigenvalue weighted by Gasteiger charge is 2.29. The number of para-hydroxylation sites is 1. The van der Waals surface area contributed by atoms with Crippen LogP contribution in [0.1, 0.15) is 18.4 Å². The summed E-state index contributed by atoms with van der Waals surface area (Å²) in [7, 11) is 0. The van der Waals surface area contributed by atoms with Crippen LogP contribution in [-0.2, 0) is 4.74 Å². The van der Waals surface area contributed by atoms with Crippen LogP contribution in [0, 0.1) is 6.92 Å². The van der Waals surface area contributed by atoms with Crippen LogP contribution in [0.25, 0.3) is 10.9 Å². The molecule has 0 saturated carbocycles. The van der Waals surface area contributed by atoms with Gasteiger partial charge in [0.1, 0.15) is 12.1 Å². The van der Waals surface area contributed by atoms with Gasteiger partial charge in [-0.25, -0.2) is 9.97 Å². The second-order valence-corrected chi connectivity index (χ2v) is 6.57. The lowest BCUT2D eigenvalue weighted by Gasteiger charge is -2.33. The van der Waals surface area contributed by atoms with Crippen LogP contribution in [0.3, 0.4) is 0 Å². The van der Waals surface area contributed by atoms with E-state index in [4.69, 9.17) is 4.74 Å². The van der Waals surface area contributed by atoms with E-state index in [9.17, 15) is 0 Å². The number of benzene rings is 1. The number of nitrogens with zero attached hydrogens (tertiary/aromatic N) is 4. The van der Waals surface area contributed by atoms with Crippen molar-refractivity contribution in [3.63, 3.8) is 0 Å². The fraction of sp³-hybridized carbons (Fsp3) is 0.556. The number of aromatic nitrogens is 2. The molecule has 122 valence electrons. The third-order valence-electron chi connectivity index (χ3n) is 5.07. The molecule has 2 saturated heterocycles. The normalized spacial score (nSPS) is 22.8. The van der Waals surface area contributed by atoms with Gasteiger partial charge in [-0.05, 0) is 31.4 Å². The smallest absolute Gasteiger partial charge is 0.140 e. The number of rotatable bonds is 3. The van der Waals surface area contributed by atoms with Crippen molar-refractivity contribution in [2.75, 3.05) is 44.3 Å². The van der Waals surface area contributed by atoms with Gasteiger partial charge in [-0.1, -0.05) is 12.1 Å². The van der Waals surface area contributed by atoms with E-state index in [-0.39, 0.29) is 0 Å². The molecule has 23 heavy (non-hydrogen) atoms. The summed E-state index contributed by atoms with van der Waals surface area (Å²) < 4.78 is 5.47. The first-order valence-electron chi connectivity index (χ1n) is 8.60. The molecule has 1 atom stereocenters. The summed E-state index contributed by atoms with van der Waals surface area (Å²) in [5.41, 5.74) is 2.30. The van der Waals surface area contributed by atoms with Crippen LogP contribution in [0.15, 0.2) is 24.5 Å². The number of hydrogen-bond acceptors (Lipinski definition) is 5. The molecule has 4 rings (SSSR count). The molecule has 0 bridgehead atoms. The van der Waals surface area contributed by atoms with Gasteiger partial charge in [0.25, 0.3) is 0 Å². The molecule has 3 heterocycles. The quantitative estimate of drug-likeness (QED) is 0.869. The first-order valence-corrected chi connectivity index (χ1v) is 8.60. The standard InChI is InChI=1S/C18H24N4O/c1-14-4-2-6-16-17(14)19-13-20-18(16)22-7-3-5-15(22)12-21-8-10-23-11-9-21/h2,4,6,13,15H,3,5,7-12H2,1H3/t15-/m1/s1. The number of fused-ring (bicyclic) bond motifs is 1. The van der Waals surface area contributed by atoms with Crippen molar-refractivity contribution in [3.8, 4) is 0 Å². The van der Waals surface area contributed by atoms with Crippen LogP contribution in [-0.4, -0.2) is 60.3 Å². The number of anilines is 1. The van der Waals surface area contributed by atoms with E-state index in [1.807, 2.05) is 0 Å². The van der Waals surface area contributed by atoms with Crippen LogP contribution < -0.4 is 4.90 Å². The average molecular weight is 312 g/mol. The predicted octanol–water partition coefficient (Wildman–Crippen LogP) is 2.24. The molecular formula is C18H24N4O. The molecule has 0 unspecified atom stereocenters. The maximum atomic E-state index is 5.47. The van der Waals surface area contributed by atoms with E-state index in [1.165, 1.54) is 23.8 Å². The van der Waals surface area contributed by atoms with Crippen molar-refractivity contribution in [2.45, 2.75) is 25.8 Å². The maximum Gasteiger partial charge on any atom is 0.140 e. The maximum absolute atomic E-state index is 5.47. The first-order chi connectivity index (χ1) is 11.3. The lowest BCUT2D eigenvalue weighted by atomic mass is 10.1. The fourth-order valence-corrected chi connectivity index (χ4v) is 3.84. The highest BCUT2D eigenvalue weighted by Crippen LogP contribution is 2.30. The van der Waals surface area contributed by atoms with Gasteiger partial charge in [0, 0.05) is 37.6 Å². The summed E-state index contributed by atoms with van der Waals surface area (Å²) >= 11 is 0. The minimum Gasteiger partial charge on any atom is -0.379 e. The monoisotopic (exact) mass is 312 g/mol. The second-order valence-electron chi connectivity index (χ2n) is 6.57. The van der Waals surface area contributed by atoms with Gasteiger partial charge >= 0.3 is 0 Å². The third-order valence-corrected chi connectivity index (χ3v) is 5.07. The van der Waals surface area contributed by atoms with Crippen molar-refractivity contribution in [3.05, 3.63) is 30.1 Å². The molecule has 0 N–H and O–H groups in total. The molecule has 1 aromatic carbocycles. The number of morpholine rings is 1. The highest BCUT2D eigenvalue weighted by atomic mass is 16.5. The van der Waals surface area contributed by atoms with E-state index in [0.29, 0.717) is 6.04 Å². The summed E-state index contributed by atoms with van der Waals surface area (Å²) in [6, 6.07) is 6.93. The lowest BCUT2D eigenvalue weighted by Crippen LogP contribution is -2.45. The van der Waals surface area contributed by atoms with E-state index in [2.05, 4.69) is 44.9 Å². The molecule has 0 spiro atoms. The number of hydrogen-bond donors (Lipinski definition) is 0. The summed E-state index contributed by atoms with van der Waals surface area (Å²) in [4.78, 5) is 14.2.